The Kier molecular flexibility index (Phi) is 13.6. The van der Waals surface area contributed by atoms with Gasteiger partial charge in [-0.2, -0.15) is 0 Å². The van der Waals surface area contributed by atoms with Crippen LogP contribution in [0.4, 0.5) is 17.1 Å². The highest BCUT2D eigenvalue weighted by Gasteiger charge is 2.30. The molecule has 7 rings (SSSR count). The summed E-state index contributed by atoms with van der Waals surface area (Å²) in [4.78, 5) is 33.4. The van der Waals surface area contributed by atoms with Gasteiger partial charge in [-0.3, -0.25) is 24.8 Å². The van der Waals surface area contributed by atoms with Gasteiger partial charge in [0.1, 0.15) is 17.2 Å². The molecule has 0 unspecified atom stereocenters. The number of nitro groups is 1. The molecule has 3 fully saturated rings. The van der Waals surface area contributed by atoms with Gasteiger partial charge in [0.25, 0.3) is 21.6 Å². The molecule has 0 radical (unpaired) electrons. The highest BCUT2D eigenvalue weighted by Crippen LogP contribution is 2.36. The van der Waals surface area contributed by atoms with Crippen LogP contribution < -0.4 is 19.7 Å². The maximum atomic E-state index is 13.8. The van der Waals surface area contributed by atoms with Crippen molar-refractivity contribution in [3.8, 4) is 11.5 Å². The molecule has 4 aromatic rings. The normalized spacial score (nSPS) is 18.5. The number of anilines is 2. The van der Waals surface area contributed by atoms with Crippen molar-refractivity contribution in [2.75, 3.05) is 62.4 Å². The average molecular weight is 881 g/mol. The van der Waals surface area contributed by atoms with Crippen LogP contribution in [-0.2, 0) is 24.6 Å². The number of hydrogen-bond donors (Lipinski definition) is 2. The van der Waals surface area contributed by atoms with Gasteiger partial charge in [-0.05, 0) is 98.9 Å². The topological polar surface area (TPSA) is 190 Å². The standard InChI is InChI=1S/C42H49ClN6O9S2/c1-59(53,54)36-23-34(26-44-27-36)58-41-22-33(47-18-13-30(14-19-47)28-48-17-3-2-4-39(48)31-5-7-32(43)8-6-31)9-11-37(41)42(50)46-60(55,56)35-10-12-38(40(24-35)49(51)52)45-25-29-15-20-57-21-16-29/h5-12,22-24,26-27,29-30,39,45H,2-4,13-21,25,28H2,1H3,(H,46,50)/t39-/m0/s1. The Labute approximate surface area is 355 Å². The molecule has 0 bridgehead atoms. The van der Waals surface area contributed by atoms with Gasteiger partial charge in [-0.25, -0.2) is 21.6 Å². The van der Waals surface area contributed by atoms with Crippen LogP contribution >= 0.6 is 11.6 Å². The number of nitrogens with one attached hydrogen (secondary N) is 2. The average Bonchev–Trinajstić information content (AvgIpc) is 3.23. The van der Waals surface area contributed by atoms with Crippen LogP contribution in [0.1, 0.15) is 66.9 Å². The molecule has 18 heteroatoms. The molecule has 4 heterocycles. The lowest BCUT2D eigenvalue weighted by atomic mass is 9.91. The predicted molar refractivity (Wildman–Crippen MR) is 228 cm³/mol. The van der Waals surface area contributed by atoms with E-state index in [9.17, 15) is 31.7 Å². The summed E-state index contributed by atoms with van der Waals surface area (Å²) >= 11 is 6.18. The summed E-state index contributed by atoms with van der Waals surface area (Å²) in [6.07, 6.45) is 10.4. The Morgan fingerprint density at radius 1 is 0.900 bits per heavy atom. The number of piperidine rings is 2. The largest absolute Gasteiger partial charge is 0.455 e. The summed E-state index contributed by atoms with van der Waals surface area (Å²) in [6, 6.07) is 18.0. The number of likely N-dealkylation sites (tertiary alicyclic amines) is 1. The third-order valence-corrected chi connectivity index (χ3v) is 14.2. The van der Waals surface area contributed by atoms with Crippen LogP contribution in [0.2, 0.25) is 5.02 Å². The van der Waals surface area contributed by atoms with Crippen molar-refractivity contribution in [3.63, 3.8) is 0 Å². The molecule has 3 saturated heterocycles. The van der Waals surface area contributed by atoms with E-state index in [4.69, 9.17) is 21.1 Å². The van der Waals surface area contributed by atoms with Gasteiger partial charge in [-0.1, -0.05) is 30.2 Å². The third-order valence-electron chi connectivity index (χ3n) is 11.5. The molecule has 3 aliphatic rings. The van der Waals surface area contributed by atoms with E-state index < -0.39 is 41.3 Å². The minimum atomic E-state index is -4.62. The zero-order valence-electron chi connectivity index (χ0n) is 33.3. The Morgan fingerprint density at radius 2 is 1.65 bits per heavy atom. The first-order valence-electron chi connectivity index (χ1n) is 20.1. The molecule has 2 N–H and O–H groups in total. The van der Waals surface area contributed by atoms with E-state index in [1.165, 1.54) is 48.6 Å². The van der Waals surface area contributed by atoms with Gasteiger partial charge in [-0.15, -0.1) is 0 Å². The fourth-order valence-electron chi connectivity index (χ4n) is 8.16. The number of ether oxygens (including phenoxy) is 2. The number of pyridine rings is 1. The van der Waals surface area contributed by atoms with Crippen LogP contribution in [0.25, 0.3) is 0 Å². The van der Waals surface area contributed by atoms with Gasteiger partial charge in [0.05, 0.1) is 26.5 Å². The molecular formula is C42H49ClN6O9S2. The number of hydrogen-bond acceptors (Lipinski definition) is 13. The highest BCUT2D eigenvalue weighted by atomic mass is 35.5. The Balaban J connectivity index is 1.08. The van der Waals surface area contributed by atoms with E-state index in [0.29, 0.717) is 31.7 Å². The first kappa shape index (κ1) is 43.3. The number of rotatable bonds is 14. The van der Waals surface area contributed by atoms with Crippen molar-refractivity contribution in [1.29, 1.82) is 0 Å². The molecule has 3 aliphatic heterocycles. The lowest BCUT2D eigenvalue weighted by Crippen LogP contribution is -2.41. The Hall–Kier alpha value is -4.81. The van der Waals surface area contributed by atoms with E-state index in [1.54, 1.807) is 12.1 Å². The fourth-order valence-corrected chi connectivity index (χ4v) is 9.86. The van der Waals surface area contributed by atoms with Gasteiger partial charge in [0.15, 0.2) is 9.84 Å². The second kappa shape index (κ2) is 18.8. The maximum absolute atomic E-state index is 13.8. The number of benzene rings is 3. The minimum Gasteiger partial charge on any atom is -0.455 e. The van der Waals surface area contributed by atoms with Crippen molar-refractivity contribution < 1.29 is 36.0 Å². The highest BCUT2D eigenvalue weighted by molar-refractivity contribution is 7.90. The fraction of sp³-hybridized carbons (Fsp3) is 0.429. The van der Waals surface area contributed by atoms with E-state index in [1.807, 2.05) is 16.9 Å². The van der Waals surface area contributed by atoms with Crippen molar-refractivity contribution in [2.24, 2.45) is 11.8 Å². The van der Waals surface area contributed by atoms with Crippen molar-refractivity contribution in [2.45, 2.75) is 60.8 Å². The van der Waals surface area contributed by atoms with Crippen LogP contribution in [0, 0.1) is 22.0 Å². The van der Waals surface area contributed by atoms with Gasteiger partial charge in [0, 0.05) is 86.8 Å². The maximum Gasteiger partial charge on any atom is 0.293 e. The number of carbonyl (C=O) groups is 1. The second-order valence-corrected chi connectivity index (χ2v) is 19.8. The zero-order valence-corrected chi connectivity index (χ0v) is 35.7. The number of carbonyl (C=O) groups excluding carboxylic acids is 1. The van der Waals surface area contributed by atoms with Crippen LogP contribution in [-0.4, -0.2) is 89.7 Å². The van der Waals surface area contributed by atoms with E-state index in [2.05, 4.69) is 32.2 Å². The summed E-state index contributed by atoms with van der Waals surface area (Å²) in [5.41, 5.74) is 1.55. The molecule has 0 spiro atoms. The number of nitrogens with zero attached hydrogens (tertiary/aromatic N) is 4. The van der Waals surface area contributed by atoms with E-state index in [0.717, 1.165) is 87.7 Å². The molecule has 1 aromatic heterocycles. The van der Waals surface area contributed by atoms with Crippen LogP contribution in [0.5, 0.6) is 11.5 Å². The van der Waals surface area contributed by atoms with Crippen molar-refractivity contribution in [1.82, 2.24) is 14.6 Å². The number of nitro benzene ring substituents is 1. The molecule has 320 valence electrons. The molecule has 60 heavy (non-hydrogen) atoms. The lowest BCUT2D eigenvalue weighted by Gasteiger charge is -2.41. The van der Waals surface area contributed by atoms with E-state index >= 15 is 0 Å². The molecular weight excluding hydrogens is 832 g/mol. The predicted octanol–water partition coefficient (Wildman–Crippen LogP) is 7.24. The lowest BCUT2D eigenvalue weighted by molar-refractivity contribution is -0.384. The van der Waals surface area contributed by atoms with Crippen molar-refractivity contribution >= 4 is 54.4 Å². The summed E-state index contributed by atoms with van der Waals surface area (Å²) in [5, 5.41) is 15.8. The first-order chi connectivity index (χ1) is 28.7. The number of amides is 1. The minimum absolute atomic E-state index is 0.0157. The number of sulfonamides is 1. The number of sulfone groups is 1. The summed E-state index contributed by atoms with van der Waals surface area (Å²) in [7, 11) is -8.28. The molecule has 3 aromatic carbocycles. The summed E-state index contributed by atoms with van der Waals surface area (Å²) in [6.45, 7) is 5.15. The van der Waals surface area contributed by atoms with Gasteiger partial charge in [0.2, 0.25) is 0 Å². The molecule has 1 amide bonds. The van der Waals surface area contributed by atoms with Crippen LogP contribution in [0.3, 0.4) is 0 Å². The molecule has 1 atom stereocenters. The third kappa shape index (κ3) is 10.7. The summed E-state index contributed by atoms with van der Waals surface area (Å²) in [5.74, 6) is -0.352. The molecule has 0 saturated carbocycles. The van der Waals surface area contributed by atoms with E-state index in [-0.39, 0.29) is 33.6 Å². The second-order valence-electron chi connectivity index (χ2n) is 15.7. The van der Waals surface area contributed by atoms with Crippen molar-refractivity contribution in [3.05, 3.63) is 105 Å². The number of aromatic nitrogens is 1. The number of halogens is 1. The molecule has 15 nitrogen and oxygen atoms in total. The molecule has 0 aliphatic carbocycles. The first-order valence-corrected chi connectivity index (χ1v) is 23.9. The Bertz CT molecular complexity index is 2410. The van der Waals surface area contributed by atoms with Gasteiger partial charge < -0.3 is 19.7 Å². The summed E-state index contributed by atoms with van der Waals surface area (Å²) < 4.78 is 65.4. The zero-order chi connectivity index (χ0) is 42.4. The Morgan fingerprint density at radius 3 is 2.37 bits per heavy atom. The quantitative estimate of drug-likeness (QED) is 0.0953. The van der Waals surface area contributed by atoms with Crippen LogP contribution in [0.15, 0.2) is 88.9 Å². The SMILES string of the molecule is CS(=O)(=O)c1cncc(Oc2cc(N3CCC(CN4CCCC[C@H]4c4ccc(Cl)cc4)CC3)ccc2C(=O)NS(=O)(=O)c2ccc(NCC3CCOCC3)c([N+](=O)[O-])c2)c1. The smallest absolute Gasteiger partial charge is 0.293 e. The van der Waals surface area contributed by atoms with Gasteiger partial charge >= 0.3 is 0 Å². The monoisotopic (exact) mass is 880 g/mol.